The van der Waals surface area contributed by atoms with E-state index in [0.29, 0.717) is 17.0 Å². The van der Waals surface area contributed by atoms with E-state index in [-0.39, 0.29) is 0 Å². The summed E-state index contributed by atoms with van der Waals surface area (Å²) >= 11 is 9.35. The summed E-state index contributed by atoms with van der Waals surface area (Å²) in [7, 11) is 0. The predicted octanol–water partition coefficient (Wildman–Crippen LogP) is 4.56. The summed E-state index contributed by atoms with van der Waals surface area (Å²) in [5, 5.41) is 0.430. The van der Waals surface area contributed by atoms with E-state index in [9.17, 15) is 0 Å². The van der Waals surface area contributed by atoms with E-state index in [0.717, 1.165) is 28.9 Å². The normalized spacial score (nSPS) is 14.6. The van der Waals surface area contributed by atoms with Crippen LogP contribution in [0, 0.1) is 0 Å². The second kappa shape index (κ2) is 4.86. The molecule has 5 heteroatoms. The van der Waals surface area contributed by atoms with Crippen molar-refractivity contribution in [3.63, 3.8) is 0 Å². The largest absolute Gasteiger partial charge is 0.439 e. The summed E-state index contributed by atoms with van der Waals surface area (Å²) in [6.45, 7) is 0. The molecule has 0 radical (unpaired) electrons. The molecule has 0 atom stereocenters. The van der Waals surface area contributed by atoms with E-state index in [1.54, 1.807) is 6.07 Å². The molecule has 0 saturated heterocycles. The number of benzene rings is 1. The number of ether oxygens (including phenoxy) is 1. The van der Waals surface area contributed by atoms with E-state index >= 15 is 0 Å². The van der Waals surface area contributed by atoms with Gasteiger partial charge in [0.1, 0.15) is 16.7 Å². The molecule has 0 spiro atoms. The smallest absolute Gasteiger partial charge is 0.224 e. The van der Waals surface area contributed by atoms with Crippen LogP contribution in [0.4, 0.5) is 0 Å². The van der Waals surface area contributed by atoms with E-state index in [4.69, 9.17) is 16.3 Å². The molecule has 1 aromatic carbocycles. The minimum absolute atomic E-state index is 0.430. The third-order valence-corrected chi connectivity index (χ3v) is 3.39. The lowest BCUT2D eigenvalue weighted by molar-refractivity contribution is 0.458. The molecular weight excluding hydrogens is 316 g/mol. The van der Waals surface area contributed by atoms with Crippen LogP contribution < -0.4 is 4.74 Å². The molecule has 1 fully saturated rings. The molecule has 3 rings (SSSR count). The minimum atomic E-state index is 0.430. The van der Waals surface area contributed by atoms with Crippen LogP contribution >= 0.6 is 27.5 Å². The molecule has 0 amide bonds. The topological polar surface area (TPSA) is 35.0 Å². The van der Waals surface area contributed by atoms with Crippen molar-refractivity contribution < 1.29 is 4.74 Å². The van der Waals surface area contributed by atoms with Gasteiger partial charge in [0.15, 0.2) is 0 Å². The molecule has 92 valence electrons. The van der Waals surface area contributed by atoms with Crippen molar-refractivity contribution in [1.82, 2.24) is 9.97 Å². The summed E-state index contributed by atoms with van der Waals surface area (Å²) in [5.74, 6) is 2.47. The van der Waals surface area contributed by atoms with Crippen molar-refractivity contribution >= 4 is 27.5 Å². The van der Waals surface area contributed by atoms with Gasteiger partial charge in [-0.05, 0) is 37.1 Å². The molecule has 1 saturated carbocycles. The van der Waals surface area contributed by atoms with Gasteiger partial charge < -0.3 is 4.74 Å². The Bertz CT molecular complexity index is 570. The van der Waals surface area contributed by atoms with Gasteiger partial charge in [-0.1, -0.05) is 27.5 Å². The Morgan fingerprint density at radius 3 is 2.56 bits per heavy atom. The lowest BCUT2D eigenvalue weighted by Crippen LogP contribution is -1.96. The minimum Gasteiger partial charge on any atom is -0.439 e. The molecule has 1 aromatic heterocycles. The Hall–Kier alpha value is -1.13. The van der Waals surface area contributed by atoms with Gasteiger partial charge in [-0.15, -0.1) is 0 Å². The molecule has 1 aliphatic carbocycles. The van der Waals surface area contributed by atoms with Crippen molar-refractivity contribution in [2.45, 2.75) is 18.8 Å². The van der Waals surface area contributed by atoms with E-state index in [2.05, 4.69) is 25.9 Å². The van der Waals surface area contributed by atoms with Crippen LogP contribution in [0.5, 0.6) is 11.6 Å². The maximum atomic E-state index is 5.97. The second-order valence-electron chi connectivity index (χ2n) is 4.22. The molecular formula is C13H10BrClN2O. The summed E-state index contributed by atoms with van der Waals surface area (Å²) in [4.78, 5) is 8.60. The fourth-order valence-corrected chi connectivity index (χ4v) is 2.06. The second-order valence-corrected chi connectivity index (χ2v) is 5.52. The van der Waals surface area contributed by atoms with Gasteiger partial charge in [-0.3, -0.25) is 0 Å². The summed E-state index contributed by atoms with van der Waals surface area (Å²) < 4.78 is 6.68. The highest BCUT2D eigenvalue weighted by Crippen LogP contribution is 2.39. The van der Waals surface area contributed by atoms with Gasteiger partial charge in [0.2, 0.25) is 5.88 Å². The average Bonchev–Trinajstić information content (AvgIpc) is 3.15. The van der Waals surface area contributed by atoms with Crippen LogP contribution in [0.1, 0.15) is 24.6 Å². The van der Waals surface area contributed by atoms with Gasteiger partial charge in [0, 0.05) is 16.5 Å². The third kappa shape index (κ3) is 2.82. The maximum absolute atomic E-state index is 5.97. The van der Waals surface area contributed by atoms with Crippen LogP contribution in [0.2, 0.25) is 5.15 Å². The lowest BCUT2D eigenvalue weighted by atomic mass is 10.3. The number of nitrogens with zero attached hydrogens (tertiary/aromatic N) is 2. The highest BCUT2D eigenvalue weighted by molar-refractivity contribution is 9.10. The van der Waals surface area contributed by atoms with Gasteiger partial charge in [0.25, 0.3) is 0 Å². The number of hydrogen-bond donors (Lipinski definition) is 0. The predicted molar refractivity (Wildman–Crippen MR) is 73.2 cm³/mol. The van der Waals surface area contributed by atoms with E-state index in [1.165, 1.54) is 0 Å². The van der Waals surface area contributed by atoms with Crippen molar-refractivity contribution in [2.75, 3.05) is 0 Å². The van der Waals surface area contributed by atoms with Crippen LogP contribution in [0.25, 0.3) is 0 Å². The number of halogens is 2. The first-order valence-corrected chi connectivity index (χ1v) is 6.86. The molecule has 0 aliphatic heterocycles. The van der Waals surface area contributed by atoms with Crippen molar-refractivity contribution in [3.8, 4) is 11.6 Å². The molecule has 0 bridgehead atoms. The number of rotatable bonds is 3. The summed E-state index contributed by atoms with van der Waals surface area (Å²) in [6, 6.07) is 9.21. The summed E-state index contributed by atoms with van der Waals surface area (Å²) in [6.07, 6.45) is 2.27. The Balaban J connectivity index is 1.85. The first-order valence-electron chi connectivity index (χ1n) is 5.68. The highest BCUT2D eigenvalue weighted by atomic mass is 79.9. The SMILES string of the molecule is Clc1cc(Oc2ccc(Br)cc2)nc(C2CC2)n1. The molecule has 3 nitrogen and oxygen atoms in total. The summed E-state index contributed by atoms with van der Waals surface area (Å²) in [5.41, 5.74) is 0. The van der Waals surface area contributed by atoms with Gasteiger partial charge >= 0.3 is 0 Å². The molecule has 1 heterocycles. The van der Waals surface area contributed by atoms with Crippen LogP contribution in [0.3, 0.4) is 0 Å². The van der Waals surface area contributed by atoms with Gasteiger partial charge in [-0.25, -0.2) is 4.98 Å². The molecule has 18 heavy (non-hydrogen) atoms. The fourth-order valence-electron chi connectivity index (χ4n) is 1.61. The number of aromatic nitrogens is 2. The standard InChI is InChI=1S/C13H10BrClN2O/c14-9-3-5-10(6-4-9)18-12-7-11(15)16-13(17-12)8-1-2-8/h3-8H,1-2H2. The van der Waals surface area contributed by atoms with Crippen LogP contribution in [-0.2, 0) is 0 Å². The average molecular weight is 326 g/mol. The zero-order valence-corrected chi connectivity index (χ0v) is 11.8. The van der Waals surface area contributed by atoms with Crippen molar-refractivity contribution in [1.29, 1.82) is 0 Å². The maximum Gasteiger partial charge on any atom is 0.224 e. The fraction of sp³-hybridized carbons (Fsp3) is 0.231. The zero-order valence-electron chi connectivity index (χ0n) is 9.44. The van der Waals surface area contributed by atoms with Crippen molar-refractivity contribution in [2.24, 2.45) is 0 Å². The molecule has 0 unspecified atom stereocenters. The molecule has 2 aromatic rings. The first kappa shape index (κ1) is 11.9. The Kier molecular flexibility index (Phi) is 3.22. The monoisotopic (exact) mass is 324 g/mol. The third-order valence-electron chi connectivity index (χ3n) is 2.67. The number of hydrogen-bond acceptors (Lipinski definition) is 3. The van der Waals surface area contributed by atoms with Gasteiger partial charge in [-0.2, -0.15) is 4.98 Å². The first-order chi connectivity index (χ1) is 8.70. The Morgan fingerprint density at radius 1 is 1.17 bits per heavy atom. The quantitative estimate of drug-likeness (QED) is 0.776. The van der Waals surface area contributed by atoms with E-state index in [1.807, 2.05) is 24.3 Å². The lowest BCUT2D eigenvalue weighted by Gasteiger charge is -2.06. The zero-order chi connectivity index (χ0) is 12.5. The van der Waals surface area contributed by atoms with E-state index < -0.39 is 0 Å². The molecule has 1 aliphatic rings. The van der Waals surface area contributed by atoms with Crippen LogP contribution in [0.15, 0.2) is 34.8 Å². The molecule has 0 N–H and O–H groups in total. The Morgan fingerprint density at radius 2 is 1.89 bits per heavy atom. The van der Waals surface area contributed by atoms with Crippen molar-refractivity contribution in [3.05, 3.63) is 45.8 Å². The van der Waals surface area contributed by atoms with Gasteiger partial charge in [0.05, 0.1) is 0 Å². The highest BCUT2D eigenvalue weighted by Gasteiger charge is 2.27. The Labute approximate surface area is 118 Å². The van der Waals surface area contributed by atoms with Crippen LogP contribution in [-0.4, -0.2) is 9.97 Å².